The first-order chi connectivity index (χ1) is 20.2. The van der Waals surface area contributed by atoms with Crippen LogP contribution < -0.4 is 15.4 Å². The molecule has 0 saturated carbocycles. The van der Waals surface area contributed by atoms with Crippen LogP contribution in [0.4, 0.5) is 33.6 Å². The first kappa shape index (κ1) is 30.0. The zero-order chi connectivity index (χ0) is 30.9. The number of benzene rings is 1. The summed E-state index contributed by atoms with van der Waals surface area (Å²) in [7, 11) is 0. The Bertz CT molecular complexity index is 1590. The number of pyridine rings is 1. The topological polar surface area (TPSA) is 101 Å². The lowest BCUT2D eigenvalue weighted by atomic mass is 9.94. The van der Waals surface area contributed by atoms with Crippen LogP contribution in [0.5, 0.6) is 6.01 Å². The van der Waals surface area contributed by atoms with Crippen molar-refractivity contribution in [2.24, 2.45) is 0 Å². The highest BCUT2D eigenvalue weighted by Crippen LogP contribution is 2.45. The van der Waals surface area contributed by atoms with E-state index in [0.717, 1.165) is 25.5 Å². The van der Waals surface area contributed by atoms with Gasteiger partial charge >= 0.3 is 12.2 Å². The predicted molar refractivity (Wildman–Crippen MR) is 153 cm³/mol. The number of aromatic nitrogens is 3. The normalized spacial score (nSPS) is 26.3. The number of alkyl halides is 4. The lowest BCUT2D eigenvalue weighted by Gasteiger charge is -2.38. The van der Waals surface area contributed by atoms with Crippen molar-refractivity contribution in [3.8, 4) is 17.3 Å². The molecule has 6 rings (SSSR count). The summed E-state index contributed by atoms with van der Waals surface area (Å²) < 4.78 is 79.5. The second kappa shape index (κ2) is 10.6. The minimum Gasteiger partial charge on any atom is -0.461 e. The number of β-amino-alcohol motifs (C(OH)–C–C–N with tert-alkyl or cyclic N) is 1. The fourth-order valence-electron chi connectivity index (χ4n) is 6.97. The van der Waals surface area contributed by atoms with E-state index in [2.05, 4.69) is 15.0 Å². The molecule has 3 saturated heterocycles. The molecular formula is C29H32ClF5N6O2. The lowest BCUT2D eigenvalue weighted by molar-refractivity contribution is -0.137. The molecule has 3 atom stereocenters. The summed E-state index contributed by atoms with van der Waals surface area (Å²) in [6.07, 6.45) is -2.83. The third-order valence-corrected chi connectivity index (χ3v) is 9.10. The number of hydrogen-bond acceptors (Lipinski definition) is 8. The van der Waals surface area contributed by atoms with Crippen molar-refractivity contribution in [1.82, 2.24) is 19.9 Å². The Morgan fingerprint density at radius 2 is 1.91 bits per heavy atom. The van der Waals surface area contributed by atoms with Crippen LogP contribution in [-0.2, 0) is 6.18 Å². The fourth-order valence-corrected chi connectivity index (χ4v) is 7.25. The maximum absolute atomic E-state index is 16.5. The average Bonchev–Trinajstić information content (AvgIpc) is 3.41. The Kier molecular flexibility index (Phi) is 7.37. The molecule has 0 amide bonds. The van der Waals surface area contributed by atoms with E-state index in [1.54, 1.807) is 11.8 Å². The minimum atomic E-state index is -4.88. The van der Waals surface area contributed by atoms with Crippen LogP contribution in [0.25, 0.3) is 22.2 Å². The predicted octanol–water partition coefficient (Wildman–Crippen LogP) is 5.70. The van der Waals surface area contributed by atoms with Crippen molar-refractivity contribution < 1.29 is 31.8 Å². The van der Waals surface area contributed by atoms with Gasteiger partial charge in [0.25, 0.3) is 0 Å². The summed E-state index contributed by atoms with van der Waals surface area (Å²) in [5.74, 6) is -1.16. The highest BCUT2D eigenvalue weighted by molar-refractivity contribution is 6.34. The molecule has 3 fully saturated rings. The number of halogens is 6. The molecule has 3 aliphatic rings. The molecule has 14 heteroatoms. The fraction of sp³-hybridized carbons (Fsp3) is 0.552. The van der Waals surface area contributed by atoms with Gasteiger partial charge in [0.05, 0.1) is 33.0 Å². The number of rotatable bonds is 5. The van der Waals surface area contributed by atoms with Gasteiger partial charge in [0.15, 0.2) is 5.82 Å². The maximum Gasteiger partial charge on any atom is 0.418 e. The summed E-state index contributed by atoms with van der Waals surface area (Å²) in [5.41, 5.74) is 1.11. The number of aliphatic hydroxyl groups is 1. The number of nitrogens with zero attached hydrogens (tertiary/aromatic N) is 5. The van der Waals surface area contributed by atoms with Crippen molar-refractivity contribution in [1.29, 1.82) is 0 Å². The second-order valence-electron chi connectivity index (χ2n) is 12.2. The van der Waals surface area contributed by atoms with Gasteiger partial charge in [0.2, 0.25) is 0 Å². The quantitative estimate of drug-likeness (QED) is 0.348. The summed E-state index contributed by atoms with van der Waals surface area (Å²) in [5, 5.41) is 10.6. The van der Waals surface area contributed by atoms with Gasteiger partial charge in [-0.2, -0.15) is 23.1 Å². The molecule has 0 aliphatic carbocycles. The molecule has 0 bridgehead atoms. The highest BCUT2D eigenvalue weighted by atomic mass is 35.5. The summed E-state index contributed by atoms with van der Waals surface area (Å²) in [6, 6.07) is 2.15. The lowest BCUT2D eigenvalue weighted by Crippen LogP contribution is -2.46. The van der Waals surface area contributed by atoms with E-state index in [4.69, 9.17) is 22.1 Å². The monoisotopic (exact) mass is 626 g/mol. The van der Waals surface area contributed by atoms with Gasteiger partial charge in [-0.25, -0.2) is 13.8 Å². The number of aryl methyl sites for hydroxylation is 1. The summed E-state index contributed by atoms with van der Waals surface area (Å²) >= 11 is 6.51. The molecule has 3 aromatic rings. The zero-order valence-electron chi connectivity index (χ0n) is 23.7. The van der Waals surface area contributed by atoms with Gasteiger partial charge in [-0.3, -0.25) is 4.90 Å². The van der Waals surface area contributed by atoms with E-state index in [1.165, 1.54) is 13.0 Å². The average molecular weight is 627 g/mol. The SMILES string of the molecule is Cc1cc(N)nc(-c2c(Cl)cc3c(N4CCC[C@@](C)(O)C4)nc(OCC45CCCN4C[C@H](F)C5)nc3c2F)c1C(F)(F)F. The Hall–Kier alpha value is -3.03. The smallest absolute Gasteiger partial charge is 0.418 e. The summed E-state index contributed by atoms with van der Waals surface area (Å²) in [4.78, 5) is 16.6. The van der Waals surface area contributed by atoms with Crippen LogP contribution in [0, 0.1) is 12.7 Å². The molecule has 43 heavy (non-hydrogen) atoms. The van der Waals surface area contributed by atoms with Crippen molar-refractivity contribution >= 4 is 34.1 Å². The van der Waals surface area contributed by atoms with Crippen molar-refractivity contribution in [2.45, 2.75) is 69.4 Å². The number of ether oxygens (including phenoxy) is 1. The number of piperidine rings is 1. The minimum absolute atomic E-state index is 0.0618. The van der Waals surface area contributed by atoms with Gasteiger partial charge in [-0.15, -0.1) is 0 Å². The molecule has 0 spiro atoms. The third-order valence-electron chi connectivity index (χ3n) is 8.80. The first-order valence-electron chi connectivity index (χ1n) is 14.2. The first-order valence-corrected chi connectivity index (χ1v) is 14.6. The van der Waals surface area contributed by atoms with Gasteiger partial charge in [-0.05, 0) is 63.8 Å². The molecule has 232 valence electrons. The second-order valence-corrected chi connectivity index (χ2v) is 12.7. The number of hydrogen-bond donors (Lipinski definition) is 2. The molecule has 0 radical (unpaired) electrons. The molecule has 8 nitrogen and oxygen atoms in total. The largest absolute Gasteiger partial charge is 0.461 e. The zero-order valence-corrected chi connectivity index (χ0v) is 24.5. The Labute approximate surface area is 250 Å². The summed E-state index contributed by atoms with van der Waals surface area (Å²) in [6.45, 7) is 4.63. The van der Waals surface area contributed by atoms with Gasteiger partial charge < -0.3 is 20.5 Å². The molecule has 3 N–H and O–H groups in total. The number of nitrogen functional groups attached to an aromatic ring is 1. The Morgan fingerprint density at radius 3 is 2.63 bits per heavy atom. The Morgan fingerprint density at radius 1 is 1.16 bits per heavy atom. The van der Waals surface area contributed by atoms with Gasteiger partial charge in [0.1, 0.15) is 29.9 Å². The molecule has 3 aliphatic heterocycles. The van der Waals surface area contributed by atoms with E-state index >= 15 is 4.39 Å². The highest BCUT2D eigenvalue weighted by Gasteiger charge is 2.49. The van der Waals surface area contributed by atoms with Crippen LogP contribution in [0.3, 0.4) is 0 Å². The molecular weight excluding hydrogens is 595 g/mol. The van der Waals surface area contributed by atoms with Crippen LogP contribution in [-0.4, -0.2) is 75.1 Å². The molecule has 2 aromatic heterocycles. The van der Waals surface area contributed by atoms with Crippen LogP contribution in [0.15, 0.2) is 12.1 Å². The maximum atomic E-state index is 16.5. The Balaban J connectivity index is 1.52. The van der Waals surface area contributed by atoms with Gasteiger partial charge in [0, 0.05) is 31.4 Å². The van der Waals surface area contributed by atoms with E-state index in [-0.39, 0.29) is 58.7 Å². The molecule has 5 heterocycles. The third kappa shape index (κ3) is 5.44. The van der Waals surface area contributed by atoms with Crippen LogP contribution in [0.2, 0.25) is 5.02 Å². The van der Waals surface area contributed by atoms with E-state index in [0.29, 0.717) is 25.9 Å². The standard InChI is InChI=1S/C29H32ClF5N6O2/c1-15-9-19(36)37-24(21(15)29(33,34)35)20-18(30)10-17-23(22(20)32)38-26(39-25(17)40-7-3-5-27(2,42)13-40)43-14-28-6-4-8-41(28)12-16(31)11-28/h9-10,16,42H,3-8,11-14H2,1-2H3,(H2,36,37)/t16-,27-,28?/m1/s1. The van der Waals surface area contributed by atoms with E-state index < -0.39 is 46.1 Å². The van der Waals surface area contributed by atoms with Crippen LogP contribution >= 0.6 is 11.6 Å². The molecule has 1 aromatic carbocycles. The van der Waals surface area contributed by atoms with Crippen molar-refractivity contribution in [2.75, 3.05) is 43.4 Å². The van der Waals surface area contributed by atoms with E-state index in [1.807, 2.05) is 4.90 Å². The molecule has 1 unspecified atom stereocenters. The van der Waals surface area contributed by atoms with Gasteiger partial charge in [-0.1, -0.05) is 11.6 Å². The van der Waals surface area contributed by atoms with Crippen molar-refractivity contribution in [3.05, 3.63) is 34.1 Å². The number of anilines is 2. The number of nitrogens with two attached hydrogens (primary N) is 1. The van der Waals surface area contributed by atoms with Crippen molar-refractivity contribution in [3.63, 3.8) is 0 Å². The van der Waals surface area contributed by atoms with Crippen LogP contribution in [0.1, 0.15) is 50.2 Å². The van der Waals surface area contributed by atoms with E-state index in [9.17, 15) is 22.7 Å². The number of fused-ring (bicyclic) bond motifs is 2.